The van der Waals surface area contributed by atoms with Crippen molar-refractivity contribution in [3.63, 3.8) is 0 Å². The largest absolute Gasteiger partial charge is 0.493 e. The maximum Gasteiger partial charge on any atom is 0.220 e. The molecule has 6 nitrogen and oxygen atoms in total. The van der Waals surface area contributed by atoms with Gasteiger partial charge in [-0.3, -0.25) is 4.79 Å². The van der Waals surface area contributed by atoms with Crippen LogP contribution in [0.4, 0.5) is 0 Å². The molecule has 2 aromatic heterocycles. The normalized spacial score (nSPS) is 15.8. The van der Waals surface area contributed by atoms with Gasteiger partial charge in [0.1, 0.15) is 5.75 Å². The van der Waals surface area contributed by atoms with Gasteiger partial charge in [0.25, 0.3) is 0 Å². The molecule has 1 aliphatic heterocycles. The Morgan fingerprint density at radius 1 is 1.19 bits per heavy atom. The molecule has 1 atom stereocenters. The number of fused-ring (bicyclic) bond motifs is 1. The van der Waals surface area contributed by atoms with Crippen molar-refractivity contribution >= 4 is 5.91 Å². The van der Waals surface area contributed by atoms with Crippen molar-refractivity contribution in [1.82, 2.24) is 20.1 Å². The molecule has 0 saturated heterocycles. The van der Waals surface area contributed by atoms with Crippen LogP contribution in [-0.4, -0.2) is 27.3 Å². The van der Waals surface area contributed by atoms with Gasteiger partial charge in [0.05, 0.1) is 6.61 Å². The number of pyridine rings is 1. The maximum atomic E-state index is 12.5. The average molecular weight is 348 g/mol. The lowest BCUT2D eigenvalue weighted by Crippen LogP contribution is -2.27. The van der Waals surface area contributed by atoms with Crippen molar-refractivity contribution < 1.29 is 9.53 Å². The Bertz CT molecular complexity index is 892. The molecular formula is C20H20N4O2. The molecule has 0 aliphatic carbocycles. The second-order valence-corrected chi connectivity index (χ2v) is 6.29. The zero-order valence-corrected chi connectivity index (χ0v) is 14.3. The molecule has 1 N–H and O–H groups in total. The van der Waals surface area contributed by atoms with Crippen LogP contribution in [0, 0.1) is 0 Å². The van der Waals surface area contributed by atoms with E-state index in [1.54, 1.807) is 17.1 Å². The Kier molecular flexibility index (Phi) is 4.64. The monoisotopic (exact) mass is 348 g/mol. The third kappa shape index (κ3) is 3.44. The highest BCUT2D eigenvalue weighted by Crippen LogP contribution is 2.35. The van der Waals surface area contributed by atoms with Gasteiger partial charge in [0, 0.05) is 37.1 Å². The van der Waals surface area contributed by atoms with Crippen molar-refractivity contribution in [2.75, 3.05) is 6.61 Å². The predicted molar refractivity (Wildman–Crippen MR) is 97.1 cm³/mol. The minimum atomic E-state index is 0.0296. The Morgan fingerprint density at radius 3 is 3.00 bits per heavy atom. The predicted octanol–water partition coefficient (Wildman–Crippen LogP) is 2.84. The van der Waals surface area contributed by atoms with Crippen LogP contribution >= 0.6 is 0 Å². The Morgan fingerprint density at radius 2 is 2.12 bits per heavy atom. The maximum absolute atomic E-state index is 12.5. The van der Waals surface area contributed by atoms with Gasteiger partial charge in [-0.25, -0.2) is 9.67 Å². The topological polar surface area (TPSA) is 69.0 Å². The highest BCUT2D eigenvalue weighted by molar-refractivity contribution is 5.77. The van der Waals surface area contributed by atoms with Gasteiger partial charge in [-0.15, -0.1) is 0 Å². The van der Waals surface area contributed by atoms with Crippen LogP contribution in [-0.2, 0) is 11.3 Å². The molecule has 1 aliphatic rings. The molecule has 3 aromatic rings. The molecule has 1 aromatic carbocycles. The molecule has 26 heavy (non-hydrogen) atoms. The van der Waals surface area contributed by atoms with Gasteiger partial charge in [-0.1, -0.05) is 24.3 Å². The van der Waals surface area contributed by atoms with Crippen LogP contribution in [0.25, 0.3) is 5.82 Å². The first-order valence-corrected chi connectivity index (χ1v) is 8.73. The molecule has 1 amide bonds. The van der Waals surface area contributed by atoms with E-state index in [4.69, 9.17) is 4.74 Å². The second-order valence-electron chi connectivity index (χ2n) is 6.29. The smallest absolute Gasteiger partial charge is 0.220 e. The Labute approximate surface area is 151 Å². The van der Waals surface area contributed by atoms with E-state index in [2.05, 4.69) is 15.4 Å². The van der Waals surface area contributed by atoms with Crippen molar-refractivity contribution in [1.29, 1.82) is 0 Å². The number of carbonyl (C=O) groups is 1. The molecule has 0 spiro atoms. The zero-order chi connectivity index (χ0) is 17.8. The van der Waals surface area contributed by atoms with E-state index in [-0.39, 0.29) is 11.8 Å². The lowest BCUT2D eigenvalue weighted by molar-refractivity contribution is -0.121. The van der Waals surface area contributed by atoms with Gasteiger partial charge >= 0.3 is 0 Å². The third-order valence-electron chi connectivity index (χ3n) is 4.58. The second kappa shape index (κ2) is 7.39. The first-order chi connectivity index (χ1) is 12.8. The van der Waals surface area contributed by atoms with Crippen molar-refractivity contribution in [2.24, 2.45) is 0 Å². The fraction of sp³-hybridized carbons (Fsp3) is 0.250. The fourth-order valence-electron chi connectivity index (χ4n) is 3.29. The lowest BCUT2D eigenvalue weighted by Gasteiger charge is -2.25. The number of carbonyl (C=O) groups excluding carboxylic acids is 1. The van der Waals surface area contributed by atoms with Crippen LogP contribution in [0.3, 0.4) is 0 Å². The van der Waals surface area contributed by atoms with Crippen molar-refractivity contribution in [3.05, 3.63) is 72.2 Å². The molecule has 0 radical (unpaired) electrons. The van der Waals surface area contributed by atoms with Gasteiger partial charge in [-0.2, -0.15) is 5.10 Å². The number of ether oxygens (including phenoxy) is 1. The van der Waals surface area contributed by atoms with Crippen LogP contribution in [0.15, 0.2) is 61.1 Å². The fourth-order valence-corrected chi connectivity index (χ4v) is 3.29. The zero-order valence-electron chi connectivity index (χ0n) is 14.3. The first-order valence-electron chi connectivity index (χ1n) is 8.73. The van der Waals surface area contributed by atoms with E-state index < -0.39 is 0 Å². The third-order valence-corrected chi connectivity index (χ3v) is 4.58. The van der Waals surface area contributed by atoms with Gasteiger partial charge in [0.2, 0.25) is 5.91 Å². The minimum absolute atomic E-state index is 0.0296. The summed E-state index contributed by atoms with van der Waals surface area (Å²) in [5.74, 6) is 1.85. The first kappa shape index (κ1) is 16.3. The van der Waals surface area contributed by atoms with Crippen LogP contribution in [0.2, 0.25) is 0 Å². The molecule has 4 rings (SSSR count). The summed E-state index contributed by atoms with van der Waals surface area (Å²) in [6.07, 6.45) is 6.58. The molecule has 6 heteroatoms. The summed E-state index contributed by atoms with van der Waals surface area (Å²) >= 11 is 0. The minimum Gasteiger partial charge on any atom is -0.493 e. The van der Waals surface area contributed by atoms with E-state index in [0.29, 0.717) is 19.6 Å². The molecule has 0 bridgehead atoms. The molecule has 0 fully saturated rings. The Balaban J connectivity index is 1.42. The molecule has 132 valence electrons. The van der Waals surface area contributed by atoms with Crippen LogP contribution < -0.4 is 10.1 Å². The van der Waals surface area contributed by atoms with Crippen LogP contribution in [0.1, 0.15) is 29.9 Å². The van der Waals surface area contributed by atoms with Crippen molar-refractivity contribution in [3.8, 4) is 11.6 Å². The summed E-state index contributed by atoms with van der Waals surface area (Å²) in [5, 5.41) is 7.24. The number of hydrogen-bond acceptors (Lipinski definition) is 4. The summed E-state index contributed by atoms with van der Waals surface area (Å²) in [7, 11) is 0. The van der Waals surface area contributed by atoms with Crippen LogP contribution in [0.5, 0.6) is 5.75 Å². The number of benzene rings is 1. The Hall–Kier alpha value is -3.15. The van der Waals surface area contributed by atoms with E-state index >= 15 is 0 Å². The number of para-hydroxylation sites is 1. The molecule has 3 heterocycles. The summed E-state index contributed by atoms with van der Waals surface area (Å²) in [6.45, 7) is 1.08. The van der Waals surface area contributed by atoms with Gasteiger partial charge < -0.3 is 10.1 Å². The van der Waals surface area contributed by atoms with Crippen molar-refractivity contribution in [2.45, 2.75) is 25.3 Å². The lowest BCUT2D eigenvalue weighted by atomic mass is 9.90. The SMILES string of the molecule is O=C(CC1CCOc2ccccc21)NCc1cccnc1-n1cccn1. The van der Waals surface area contributed by atoms with E-state index in [9.17, 15) is 4.79 Å². The van der Waals surface area contributed by atoms with Gasteiger partial charge in [-0.05, 0) is 36.1 Å². The quantitative estimate of drug-likeness (QED) is 0.770. The number of nitrogens with zero attached hydrogens (tertiary/aromatic N) is 3. The molecular weight excluding hydrogens is 328 g/mol. The number of aromatic nitrogens is 3. The standard InChI is InChI=1S/C20H20N4O2/c25-19(13-15-8-12-26-18-7-2-1-6-17(15)18)22-14-16-5-3-9-21-20(16)24-11-4-10-23-24/h1-7,9-11,15H,8,12-14H2,(H,22,25). The summed E-state index contributed by atoms with van der Waals surface area (Å²) in [6, 6.07) is 13.6. The van der Waals surface area contributed by atoms with E-state index in [1.807, 2.05) is 48.7 Å². The summed E-state index contributed by atoms with van der Waals surface area (Å²) < 4.78 is 7.38. The number of nitrogens with one attached hydrogen (secondary N) is 1. The highest BCUT2D eigenvalue weighted by Gasteiger charge is 2.23. The summed E-state index contributed by atoms with van der Waals surface area (Å²) in [4.78, 5) is 16.9. The van der Waals surface area contributed by atoms with E-state index in [1.165, 1.54) is 0 Å². The van der Waals surface area contributed by atoms with Gasteiger partial charge in [0.15, 0.2) is 5.82 Å². The number of rotatable bonds is 5. The van der Waals surface area contributed by atoms with E-state index in [0.717, 1.165) is 29.1 Å². The molecule has 1 unspecified atom stereocenters. The summed E-state index contributed by atoms with van der Waals surface area (Å²) in [5.41, 5.74) is 2.05. The highest BCUT2D eigenvalue weighted by atomic mass is 16.5. The number of hydrogen-bond donors (Lipinski definition) is 1. The molecule has 0 saturated carbocycles. The number of amides is 1. The average Bonchev–Trinajstić information content (AvgIpc) is 3.21.